The van der Waals surface area contributed by atoms with Gasteiger partial charge in [0.05, 0.1) is 10.7 Å². The number of amides is 1. The topological polar surface area (TPSA) is 57.1 Å². The summed E-state index contributed by atoms with van der Waals surface area (Å²) in [4.78, 5) is 22.9. The number of amidine groups is 1. The van der Waals surface area contributed by atoms with E-state index in [0.717, 1.165) is 12.1 Å². The fourth-order valence-corrected chi connectivity index (χ4v) is 3.16. The zero-order chi connectivity index (χ0) is 25.3. The van der Waals surface area contributed by atoms with E-state index in [-0.39, 0.29) is 16.5 Å². The molecule has 2 aromatic rings. The summed E-state index contributed by atoms with van der Waals surface area (Å²) in [5, 5.41) is 2.91. The molecule has 0 heterocycles. The molecule has 0 aliphatic carbocycles. The van der Waals surface area contributed by atoms with Gasteiger partial charge in [0.2, 0.25) is 0 Å². The number of allylic oxidation sites excluding steroid dienone is 2. The van der Waals surface area contributed by atoms with Crippen molar-refractivity contribution in [3.63, 3.8) is 0 Å². The number of rotatable bonds is 8. The number of hydrogen-bond donors (Lipinski definition) is 1. The van der Waals surface area contributed by atoms with Crippen LogP contribution in [0.15, 0.2) is 64.9 Å². The Morgan fingerprint density at radius 1 is 1.09 bits per heavy atom. The molecule has 0 saturated carbocycles. The first-order valence-corrected chi connectivity index (χ1v) is 11.2. The molecule has 0 fully saturated rings. The molecule has 34 heavy (non-hydrogen) atoms. The third-order valence-corrected chi connectivity index (χ3v) is 5.20. The molecule has 0 aliphatic heterocycles. The van der Waals surface area contributed by atoms with E-state index in [2.05, 4.69) is 15.3 Å². The lowest BCUT2D eigenvalue weighted by Gasteiger charge is -2.16. The van der Waals surface area contributed by atoms with Crippen molar-refractivity contribution >= 4 is 40.3 Å². The Bertz CT molecular complexity index is 1140. The van der Waals surface area contributed by atoms with E-state index < -0.39 is 11.6 Å². The molecule has 5 nitrogen and oxygen atoms in total. The predicted octanol–water partition coefficient (Wildman–Crippen LogP) is 6.97. The molecule has 180 valence electrons. The average Bonchev–Trinajstić information content (AvgIpc) is 2.83. The highest BCUT2D eigenvalue weighted by atomic mass is 35.5. The number of anilines is 1. The van der Waals surface area contributed by atoms with Crippen LogP contribution >= 0.6 is 11.6 Å². The van der Waals surface area contributed by atoms with Gasteiger partial charge in [-0.1, -0.05) is 30.7 Å². The molecule has 0 unspecified atom stereocenters. The Morgan fingerprint density at radius 3 is 2.38 bits per heavy atom. The molecule has 2 aromatic carbocycles. The van der Waals surface area contributed by atoms with Crippen LogP contribution in [0.4, 0.5) is 14.5 Å². The maximum Gasteiger partial charge on any atom is 0.253 e. The second-order valence-corrected chi connectivity index (χ2v) is 8.05. The highest BCUT2D eigenvalue weighted by molar-refractivity contribution is 6.45. The molecular weight excluding hydrogens is 458 g/mol. The Morgan fingerprint density at radius 2 is 1.76 bits per heavy atom. The van der Waals surface area contributed by atoms with Crippen LogP contribution in [0.3, 0.4) is 0 Å². The molecule has 8 heteroatoms. The normalized spacial score (nSPS) is 12.9. The number of nitrogens with one attached hydrogen (secondary N) is 1. The zero-order valence-electron chi connectivity index (χ0n) is 20.0. The van der Waals surface area contributed by atoms with Crippen LogP contribution in [0.2, 0.25) is 5.02 Å². The van der Waals surface area contributed by atoms with Gasteiger partial charge in [-0.15, -0.1) is 0 Å². The number of halogens is 3. The first-order valence-electron chi connectivity index (χ1n) is 10.9. The SMILES string of the molecule is C\C=C/N=C(Nc1ccc(C(=O)N(C)CCC)cc1)\C(C)=N\C=C(/C)c1ccc(Cl)c(F)c1F. The summed E-state index contributed by atoms with van der Waals surface area (Å²) in [6, 6.07) is 9.79. The van der Waals surface area contributed by atoms with Crippen LogP contribution in [0.1, 0.15) is 50.0 Å². The highest BCUT2D eigenvalue weighted by Gasteiger charge is 2.14. The molecule has 0 aliphatic rings. The average molecular weight is 487 g/mol. The van der Waals surface area contributed by atoms with Crippen molar-refractivity contribution < 1.29 is 13.6 Å². The minimum Gasteiger partial charge on any atom is -0.342 e. The van der Waals surface area contributed by atoms with E-state index in [0.29, 0.717) is 29.2 Å². The Balaban J connectivity index is 2.26. The number of benzene rings is 2. The summed E-state index contributed by atoms with van der Waals surface area (Å²) in [6.45, 7) is 7.92. The lowest BCUT2D eigenvalue weighted by atomic mass is 10.1. The lowest BCUT2D eigenvalue weighted by molar-refractivity contribution is 0.0795. The summed E-state index contributed by atoms with van der Waals surface area (Å²) >= 11 is 5.63. The van der Waals surface area contributed by atoms with E-state index in [1.54, 1.807) is 62.3 Å². The summed E-state index contributed by atoms with van der Waals surface area (Å²) in [6.07, 6.45) is 5.72. The third-order valence-electron chi connectivity index (χ3n) is 4.91. The molecule has 1 N–H and O–H groups in total. The van der Waals surface area contributed by atoms with Gasteiger partial charge < -0.3 is 10.2 Å². The first-order chi connectivity index (χ1) is 16.2. The highest BCUT2D eigenvalue weighted by Crippen LogP contribution is 2.25. The van der Waals surface area contributed by atoms with Crippen LogP contribution in [0.25, 0.3) is 5.57 Å². The minimum atomic E-state index is -1.09. The maximum atomic E-state index is 14.2. The Hall–Kier alpha value is -3.32. The van der Waals surface area contributed by atoms with Gasteiger partial charge in [-0.05, 0) is 63.1 Å². The van der Waals surface area contributed by atoms with Gasteiger partial charge in [-0.3, -0.25) is 9.79 Å². The van der Waals surface area contributed by atoms with E-state index in [4.69, 9.17) is 11.6 Å². The van der Waals surface area contributed by atoms with Crippen LogP contribution in [0.5, 0.6) is 0 Å². The number of carbonyl (C=O) groups is 1. The van der Waals surface area contributed by atoms with E-state index in [1.165, 1.54) is 18.3 Å². The molecule has 0 bridgehead atoms. The van der Waals surface area contributed by atoms with Gasteiger partial charge in [0.1, 0.15) is 0 Å². The monoisotopic (exact) mass is 486 g/mol. The van der Waals surface area contributed by atoms with E-state index in [9.17, 15) is 13.6 Å². The molecule has 2 rings (SSSR count). The van der Waals surface area contributed by atoms with Crippen LogP contribution < -0.4 is 5.32 Å². The van der Waals surface area contributed by atoms with Gasteiger partial charge in [0.15, 0.2) is 17.5 Å². The second kappa shape index (κ2) is 12.8. The maximum absolute atomic E-state index is 14.2. The third kappa shape index (κ3) is 7.09. The van der Waals surface area contributed by atoms with Gasteiger partial charge in [0, 0.05) is 42.8 Å². The lowest BCUT2D eigenvalue weighted by Crippen LogP contribution is -2.27. The van der Waals surface area contributed by atoms with Crippen molar-refractivity contribution in [2.75, 3.05) is 18.9 Å². The largest absolute Gasteiger partial charge is 0.342 e. The molecule has 0 radical (unpaired) electrons. The standard InChI is InChI=1S/C26H29ClF2N4O/c1-6-14-30-25(32-20-10-8-19(9-11-20)26(34)33(5)15-7-2)18(4)31-16-17(3)21-12-13-22(27)24(29)23(21)28/h6,8-14,16H,7,15H2,1-5H3,(H,30,32)/b14-6-,17-16+,31-18+. The van der Waals surface area contributed by atoms with Crippen molar-refractivity contribution in [2.24, 2.45) is 9.98 Å². The summed E-state index contributed by atoms with van der Waals surface area (Å²) in [5.41, 5.74) is 2.34. The van der Waals surface area contributed by atoms with Gasteiger partial charge in [0.25, 0.3) is 5.91 Å². The van der Waals surface area contributed by atoms with Crippen molar-refractivity contribution in [3.05, 3.63) is 82.7 Å². The van der Waals surface area contributed by atoms with Crippen molar-refractivity contribution in [2.45, 2.75) is 34.1 Å². The van der Waals surface area contributed by atoms with Gasteiger partial charge >= 0.3 is 0 Å². The molecule has 0 atom stereocenters. The summed E-state index contributed by atoms with van der Waals surface area (Å²) < 4.78 is 28.0. The number of nitrogens with zero attached hydrogens (tertiary/aromatic N) is 3. The smallest absolute Gasteiger partial charge is 0.253 e. The minimum absolute atomic E-state index is 0.0413. The summed E-state index contributed by atoms with van der Waals surface area (Å²) in [5.74, 6) is -1.69. The molecule has 0 aromatic heterocycles. The molecule has 0 spiro atoms. The number of aliphatic imine (C=N–C) groups is 2. The summed E-state index contributed by atoms with van der Waals surface area (Å²) in [7, 11) is 1.78. The second-order valence-electron chi connectivity index (χ2n) is 7.64. The quantitative estimate of drug-likeness (QED) is 0.249. The predicted molar refractivity (Wildman–Crippen MR) is 138 cm³/mol. The van der Waals surface area contributed by atoms with E-state index >= 15 is 0 Å². The zero-order valence-corrected chi connectivity index (χ0v) is 20.8. The molecular formula is C26H29ClF2N4O. The fourth-order valence-electron chi connectivity index (χ4n) is 3.01. The number of hydrogen-bond acceptors (Lipinski definition) is 3. The molecule has 0 saturated heterocycles. The van der Waals surface area contributed by atoms with Crippen LogP contribution in [-0.2, 0) is 0 Å². The van der Waals surface area contributed by atoms with Crippen molar-refractivity contribution in [1.82, 2.24) is 4.90 Å². The Labute approximate surface area is 204 Å². The first kappa shape index (κ1) is 26.9. The van der Waals surface area contributed by atoms with Crippen LogP contribution in [-0.4, -0.2) is 35.9 Å². The number of carbonyl (C=O) groups excluding carboxylic acids is 1. The van der Waals surface area contributed by atoms with Gasteiger partial charge in [-0.2, -0.15) is 0 Å². The fraction of sp³-hybridized carbons (Fsp3) is 0.269. The molecule has 1 amide bonds. The van der Waals surface area contributed by atoms with Crippen molar-refractivity contribution in [3.8, 4) is 0 Å². The van der Waals surface area contributed by atoms with Crippen molar-refractivity contribution in [1.29, 1.82) is 0 Å². The van der Waals surface area contributed by atoms with Gasteiger partial charge in [-0.25, -0.2) is 13.8 Å². The van der Waals surface area contributed by atoms with E-state index in [1.807, 2.05) is 13.8 Å². The Kier molecular flexibility index (Phi) is 10.1. The van der Waals surface area contributed by atoms with Crippen LogP contribution in [0, 0.1) is 11.6 Å².